The summed E-state index contributed by atoms with van der Waals surface area (Å²) < 4.78 is 26.5. The van der Waals surface area contributed by atoms with Crippen molar-refractivity contribution in [3.8, 4) is 0 Å². The highest BCUT2D eigenvalue weighted by atomic mass is 19.1. The zero-order valence-electron chi connectivity index (χ0n) is 17.2. The molecule has 2 fully saturated rings. The zero-order valence-corrected chi connectivity index (χ0v) is 17.2. The fraction of sp³-hybridized carbons (Fsp3) is 0.458. The van der Waals surface area contributed by atoms with Gasteiger partial charge in [-0.25, -0.2) is 8.78 Å². The van der Waals surface area contributed by atoms with Gasteiger partial charge >= 0.3 is 0 Å². The van der Waals surface area contributed by atoms with Gasteiger partial charge in [-0.1, -0.05) is 12.1 Å². The van der Waals surface area contributed by atoms with Gasteiger partial charge in [0.15, 0.2) is 0 Å². The molecule has 160 valence electrons. The predicted octanol–water partition coefficient (Wildman–Crippen LogP) is 3.82. The second kappa shape index (κ2) is 9.56. The van der Waals surface area contributed by atoms with Crippen LogP contribution in [0.5, 0.6) is 0 Å². The maximum absolute atomic E-state index is 13.4. The molecule has 2 heterocycles. The van der Waals surface area contributed by atoms with Crippen molar-refractivity contribution < 1.29 is 13.6 Å². The number of benzene rings is 2. The first kappa shape index (κ1) is 20.8. The molecule has 1 N–H and O–H groups in total. The standard InChI is InChI=1S/C24H29F2N3O/c25-21-6-8-23(9-7-21)29-12-10-19(16-29)14-27-24(30)20-4-2-11-28(17-20)15-18-3-1-5-22(26)13-18/h1,3,5-9,13,19-20H,2,4,10-12,14-17H2,(H,27,30)/t19-,20-/m0/s1. The third-order valence-electron chi connectivity index (χ3n) is 6.21. The molecule has 0 saturated carbocycles. The summed E-state index contributed by atoms with van der Waals surface area (Å²) in [6.07, 6.45) is 2.90. The van der Waals surface area contributed by atoms with Crippen LogP contribution in [0.15, 0.2) is 48.5 Å². The van der Waals surface area contributed by atoms with Crippen LogP contribution in [0.4, 0.5) is 14.5 Å². The Bertz CT molecular complexity index is 858. The number of carbonyl (C=O) groups is 1. The van der Waals surface area contributed by atoms with E-state index in [1.54, 1.807) is 12.1 Å². The number of halogens is 2. The lowest BCUT2D eigenvalue weighted by molar-refractivity contribution is -0.126. The number of rotatable bonds is 6. The van der Waals surface area contributed by atoms with E-state index in [1.165, 1.54) is 18.2 Å². The molecule has 2 aromatic carbocycles. The normalized spacial score (nSPS) is 22.3. The van der Waals surface area contributed by atoms with Crippen molar-refractivity contribution in [3.05, 3.63) is 65.7 Å². The fourth-order valence-electron chi connectivity index (χ4n) is 4.58. The van der Waals surface area contributed by atoms with Crippen LogP contribution in [0.3, 0.4) is 0 Å². The summed E-state index contributed by atoms with van der Waals surface area (Å²) in [4.78, 5) is 17.2. The van der Waals surface area contributed by atoms with E-state index in [-0.39, 0.29) is 23.5 Å². The summed E-state index contributed by atoms with van der Waals surface area (Å²) in [5.74, 6) is 0.0813. The first-order chi connectivity index (χ1) is 14.6. The average Bonchev–Trinajstić information content (AvgIpc) is 3.22. The minimum atomic E-state index is -0.222. The second-order valence-electron chi connectivity index (χ2n) is 8.53. The third-order valence-corrected chi connectivity index (χ3v) is 6.21. The molecule has 4 nitrogen and oxygen atoms in total. The van der Waals surface area contributed by atoms with Crippen LogP contribution >= 0.6 is 0 Å². The molecule has 2 aliphatic rings. The Kier molecular flexibility index (Phi) is 6.62. The summed E-state index contributed by atoms with van der Waals surface area (Å²) in [5.41, 5.74) is 1.98. The molecule has 2 saturated heterocycles. The van der Waals surface area contributed by atoms with Gasteiger partial charge < -0.3 is 10.2 Å². The molecule has 2 aliphatic heterocycles. The highest BCUT2D eigenvalue weighted by Gasteiger charge is 2.28. The molecule has 2 atom stereocenters. The molecular formula is C24H29F2N3O. The van der Waals surface area contributed by atoms with Gasteiger partial charge in [0.25, 0.3) is 0 Å². The maximum atomic E-state index is 13.4. The smallest absolute Gasteiger partial charge is 0.224 e. The van der Waals surface area contributed by atoms with Crippen LogP contribution in [-0.4, -0.2) is 43.5 Å². The first-order valence-corrected chi connectivity index (χ1v) is 10.8. The topological polar surface area (TPSA) is 35.6 Å². The minimum Gasteiger partial charge on any atom is -0.371 e. The number of carbonyl (C=O) groups excluding carboxylic acids is 1. The molecule has 0 bridgehead atoms. The van der Waals surface area contributed by atoms with E-state index in [4.69, 9.17) is 0 Å². The van der Waals surface area contributed by atoms with E-state index in [0.29, 0.717) is 25.6 Å². The summed E-state index contributed by atoms with van der Waals surface area (Å²) in [5, 5.41) is 3.16. The van der Waals surface area contributed by atoms with Gasteiger partial charge in [-0.15, -0.1) is 0 Å². The van der Waals surface area contributed by atoms with Gasteiger partial charge in [0.2, 0.25) is 5.91 Å². The van der Waals surface area contributed by atoms with E-state index >= 15 is 0 Å². The van der Waals surface area contributed by atoms with Crippen LogP contribution in [0, 0.1) is 23.5 Å². The summed E-state index contributed by atoms with van der Waals surface area (Å²) in [6.45, 7) is 4.82. The van der Waals surface area contributed by atoms with Crippen LogP contribution in [0.25, 0.3) is 0 Å². The Hall–Kier alpha value is -2.47. The lowest BCUT2D eigenvalue weighted by atomic mass is 9.96. The highest BCUT2D eigenvalue weighted by Crippen LogP contribution is 2.24. The van der Waals surface area contributed by atoms with Crippen molar-refractivity contribution in [2.75, 3.05) is 37.6 Å². The van der Waals surface area contributed by atoms with Gasteiger partial charge in [-0.3, -0.25) is 9.69 Å². The molecule has 0 aromatic heterocycles. The average molecular weight is 414 g/mol. The van der Waals surface area contributed by atoms with Gasteiger partial charge in [0, 0.05) is 38.4 Å². The van der Waals surface area contributed by atoms with Crippen molar-refractivity contribution in [2.45, 2.75) is 25.8 Å². The number of hydrogen-bond acceptors (Lipinski definition) is 3. The summed E-state index contributed by atoms with van der Waals surface area (Å²) in [7, 11) is 0. The highest BCUT2D eigenvalue weighted by molar-refractivity contribution is 5.79. The Labute approximate surface area is 176 Å². The Balaban J connectivity index is 1.23. The number of likely N-dealkylation sites (tertiary alicyclic amines) is 1. The molecule has 2 aromatic rings. The fourth-order valence-corrected chi connectivity index (χ4v) is 4.58. The Morgan fingerprint density at radius 1 is 1.00 bits per heavy atom. The maximum Gasteiger partial charge on any atom is 0.224 e. The number of nitrogens with zero attached hydrogens (tertiary/aromatic N) is 2. The van der Waals surface area contributed by atoms with E-state index in [2.05, 4.69) is 15.1 Å². The first-order valence-electron chi connectivity index (χ1n) is 10.8. The number of piperidine rings is 1. The van der Waals surface area contributed by atoms with Crippen molar-refractivity contribution in [1.82, 2.24) is 10.2 Å². The molecule has 0 radical (unpaired) electrons. The van der Waals surface area contributed by atoms with Crippen LogP contribution < -0.4 is 10.2 Å². The van der Waals surface area contributed by atoms with Crippen molar-refractivity contribution >= 4 is 11.6 Å². The molecule has 1 amide bonds. The van der Waals surface area contributed by atoms with Crippen molar-refractivity contribution in [2.24, 2.45) is 11.8 Å². The van der Waals surface area contributed by atoms with E-state index < -0.39 is 0 Å². The Morgan fingerprint density at radius 2 is 1.83 bits per heavy atom. The van der Waals surface area contributed by atoms with Crippen molar-refractivity contribution in [3.63, 3.8) is 0 Å². The predicted molar refractivity (Wildman–Crippen MR) is 114 cm³/mol. The van der Waals surface area contributed by atoms with E-state index in [9.17, 15) is 13.6 Å². The largest absolute Gasteiger partial charge is 0.371 e. The molecular weight excluding hydrogens is 384 g/mol. The Morgan fingerprint density at radius 3 is 2.63 bits per heavy atom. The zero-order chi connectivity index (χ0) is 20.9. The SMILES string of the molecule is O=C(NC[C@@H]1CCN(c2ccc(F)cc2)C1)[C@H]1CCCN(Cc2cccc(F)c2)C1. The summed E-state index contributed by atoms with van der Waals surface area (Å²) >= 11 is 0. The van der Waals surface area contributed by atoms with E-state index in [1.807, 2.05) is 18.2 Å². The summed E-state index contributed by atoms with van der Waals surface area (Å²) in [6, 6.07) is 13.3. The third kappa shape index (κ3) is 5.36. The van der Waals surface area contributed by atoms with E-state index in [0.717, 1.165) is 50.1 Å². The molecule has 4 rings (SSSR count). The minimum absolute atomic E-state index is 0.0121. The number of hydrogen-bond donors (Lipinski definition) is 1. The molecule has 0 unspecified atom stereocenters. The lowest BCUT2D eigenvalue weighted by Crippen LogP contribution is -2.44. The molecule has 0 aliphatic carbocycles. The quantitative estimate of drug-likeness (QED) is 0.782. The van der Waals surface area contributed by atoms with Crippen molar-refractivity contribution in [1.29, 1.82) is 0 Å². The lowest BCUT2D eigenvalue weighted by Gasteiger charge is -2.32. The molecule has 0 spiro atoms. The second-order valence-corrected chi connectivity index (χ2v) is 8.53. The molecule has 6 heteroatoms. The van der Waals surface area contributed by atoms with Gasteiger partial charge in [-0.2, -0.15) is 0 Å². The molecule has 30 heavy (non-hydrogen) atoms. The van der Waals surface area contributed by atoms with Gasteiger partial charge in [-0.05, 0) is 73.7 Å². The number of anilines is 1. The van der Waals surface area contributed by atoms with Crippen LogP contribution in [-0.2, 0) is 11.3 Å². The monoisotopic (exact) mass is 413 g/mol. The number of nitrogens with one attached hydrogen (secondary N) is 1. The van der Waals surface area contributed by atoms with Gasteiger partial charge in [0.05, 0.1) is 5.92 Å². The number of amides is 1. The van der Waals surface area contributed by atoms with Crippen LogP contribution in [0.1, 0.15) is 24.8 Å². The van der Waals surface area contributed by atoms with Gasteiger partial charge in [0.1, 0.15) is 11.6 Å². The van der Waals surface area contributed by atoms with Crippen LogP contribution in [0.2, 0.25) is 0 Å².